The topological polar surface area (TPSA) is 67.4 Å². The molecule has 0 saturated carbocycles. The number of imide groups is 1. The lowest BCUT2D eigenvalue weighted by Crippen LogP contribution is -2.47. The number of urea groups is 1. The van der Waals surface area contributed by atoms with Crippen LogP contribution in [0.25, 0.3) is 0 Å². The van der Waals surface area contributed by atoms with Gasteiger partial charge >= 0.3 is 6.03 Å². The summed E-state index contributed by atoms with van der Waals surface area (Å²) in [5, 5.41) is 5.49. The summed E-state index contributed by atoms with van der Waals surface area (Å²) >= 11 is 11.7. The fraction of sp³-hybridized carbons (Fsp3) is 0.385. The van der Waals surface area contributed by atoms with Gasteiger partial charge in [0.25, 0.3) is 5.91 Å². The standard InChI is InChI=1S/C13H16Cl2N2O3/c1-7(2)16-13(19)17-12(18)8(3)20-11-6-9(14)4-5-10(11)15/h4-8H,1-3H3,(H2,16,17,18,19)/t8-/m1/s1. The van der Waals surface area contributed by atoms with Crippen LogP contribution in [-0.2, 0) is 4.79 Å². The normalized spacial score (nSPS) is 11.9. The van der Waals surface area contributed by atoms with Crippen LogP contribution in [-0.4, -0.2) is 24.1 Å². The summed E-state index contributed by atoms with van der Waals surface area (Å²) in [6.07, 6.45) is -0.885. The second kappa shape index (κ2) is 7.36. The molecule has 0 saturated heterocycles. The molecule has 3 amide bonds. The number of carbonyl (C=O) groups excluding carboxylic acids is 2. The molecule has 0 bridgehead atoms. The molecule has 2 N–H and O–H groups in total. The van der Waals surface area contributed by atoms with Gasteiger partial charge in [-0.2, -0.15) is 0 Å². The highest BCUT2D eigenvalue weighted by molar-refractivity contribution is 6.34. The number of benzene rings is 1. The molecule has 0 radical (unpaired) electrons. The molecule has 1 aromatic carbocycles. The van der Waals surface area contributed by atoms with Crippen molar-refractivity contribution >= 4 is 35.1 Å². The highest BCUT2D eigenvalue weighted by Gasteiger charge is 2.19. The molecule has 0 aromatic heterocycles. The molecule has 110 valence electrons. The van der Waals surface area contributed by atoms with Gasteiger partial charge in [-0.25, -0.2) is 4.79 Å². The first-order valence-corrected chi connectivity index (χ1v) is 6.78. The van der Waals surface area contributed by atoms with E-state index in [4.69, 9.17) is 27.9 Å². The second-order valence-electron chi connectivity index (χ2n) is 4.45. The van der Waals surface area contributed by atoms with Crippen LogP contribution in [0.1, 0.15) is 20.8 Å². The summed E-state index contributed by atoms with van der Waals surface area (Å²) in [5.41, 5.74) is 0. The highest BCUT2D eigenvalue weighted by atomic mass is 35.5. The van der Waals surface area contributed by atoms with Gasteiger partial charge in [0.1, 0.15) is 5.75 Å². The molecule has 5 nitrogen and oxygen atoms in total. The van der Waals surface area contributed by atoms with E-state index in [2.05, 4.69) is 10.6 Å². The van der Waals surface area contributed by atoms with Crippen molar-refractivity contribution in [2.45, 2.75) is 32.9 Å². The molecule has 0 aliphatic carbocycles. The lowest BCUT2D eigenvalue weighted by molar-refractivity contribution is -0.126. The first-order valence-electron chi connectivity index (χ1n) is 6.02. The Kier molecular flexibility index (Phi) is 6.10. The highest BCUT2D eigenvalue weighted by Crippen LogP contribution is 2.28. The van der Waals surface area contributed by atoms with E-state index in [9.17, 15) is 9.59 Å². The summed E-state index contributed by atoms with van der Waals surface area (Å²) in [6.45, 7) is 5.08. The Morgan fingerprint density at radius 2 is 1.85 bits per heavy atom. The maximum Gasteiger partial charge on any atom is 0.321 e. The Bertz CT molecular complexity index is 506. The lowest BCUT2D eigenvalue weighted by atomic mass is 10.3. The van der Waals surface area contributed by atoms with E-state index < -0.39 is 18.0 Å². The Labute approximate surface area is 127 Å². The number of hydrogen-bond donors (Lipinski definition) is 2. The first-order chi connectivity index (χ1) is 9.29. The van der Waals surface area contributed by atoms with E-state index in [1.54, 1.807) is 26.0 Å². The summed E-state index contributed by atoms with van der Waals surface area (Å²) in [4.78, 5) is 23.2. The predicted octanol–water partition coefficient (Wildman–Crippen LogP) is 2.99. The Hall–Kier alpha value is -1.46. The van der Waals surface area contributed by atoms with E-state index in [1.807, 2.05) is 0 Å². The molecule has 1 atom stereocenters. The van der Waals surface area contributed by atoms with Gasteiger partial charge < -0.3 is 10.1 Å². The summed E-state index contributed by atoms with van der Waals surface area (Å²) < 4.78 is 5.39. The third-order valence-electron chi connectivity index (χ3n) is 2.22. The van der Waals surface area contributed by atoms with Crippen molar-refractivity contribution in [2.24, 2.45) is 0 Å². The van der Waals surface area contributed by atoms with Crippen LogP contribution in [0, 0.1) is 0 Å². The minimum Gasteiger partial charge on any atom is -0.479 e. The maximum absolute atomic E-state index is 11.8. The van der Waals surface area contributed by atoms with Crippen molar-refractivity contribution in [1.29, 1.82) is 0 Å². The maximum atomic E-state index is 11.8. The molecule has 0 unspecified atom stereocenters. The smallest absolute Gasteiger partial charge is 0.321 e. The number of nitrogens with one attached hydrogen (secondary N) is 2. The van der Waals surface area contributed by atoms with E-state index in [1.165, 1.54) is 13.0 Å². The number of carbonyl (C=O) groups is 2. The van der Waals surface area contributed by atoms with Gasteiger partial charge in [0.2, 0.25) is 0 Å². The van der Waals surface area contributed by atoms with Crippen LogP contribution < -0.4 is 15.4 Å². The van der Waals surface area contributed by atoms with Crippen molar-refractivity contribution in [2.75, 3.05) is 0 Å². The Morgan fingerprint density at radius 3 is 2.45 bits per heavy atom. The molecule has 7 heteroatoms. The summed E-state index contributed by atoms with van der Waals surface area (Å²) in [5.74, 6) is -0.287. The monoisotopic (exact) mass is 318 g/mol. The molecule has 20 heavy (non-hydrogen) atoms. The minimum absolute atomic E-state index is 0.0681. The van der Waals surface area contributed by atoms with E-state index in [0.717, 1.165) is 0 Å². The van der Waals surface area contributed by atoms with Gasteiger partial charge in [0.05, 0.1) is 5.02 Å². The molecule has 1 aromatic rings. The molecule has 1 rings (SSSR count). The first kappa shape index (κ1) is 16.6. The molecule has 0 heterocycles. The zero-order valence-corrected chi connectivity index (χ0v) is 12.9. The molecular weight excluding hydrogens is 303 g/mol. The summed E-state index contributed by atoms with van der Waals surface area (Å²) in [6, 6.07) is 4.04. The van der Waals surface area contributed by atoms with Gasteiger partial charge in [-0.3, -0.25) is 10.1 Å². The number of halogens is 2. The SMILES string of the molecule is CC(C)NC(=O)NC(=O)[C@@H](C)Oc1cc(Cl)ccc1Cl. The third kappa shape index (κ3) is 5.27. The van der Waals surface area contributed by atoms with E-state index in [0.29, 0.717) is 10.0 Å². The second-order valence-corrected chi connectivity index (χ2v) is 5.30. The van der Waals surface area contributed by atoms with E-state index >= 15 is 0 Å². The van der Waals surface area contributed by atoms with Crippen LogP contribution in [0.4, 0.5) is 4.79 Å². The number of rotatable bonds is 4. The quantitative estimate of drug-likeness (QED) is 0.896. The average Bonchev–Trinajstić information content (AvgIpc) is 2.32. The molecule has 0 aliphatic heterocycles. The van der Waals surface area contributed by atoms with E-state index in [-0.39, 0.29) is 11.8 Å². The average molecular weight is 319 g/mol. The van der Waals surface area contributed by atoms with Gasteiger partial charge in [0, 0.05) is 17.1 Å². The zero-order valence-electron chi connectivity index (χ0n) is 11.4. The van der Waals surface area contributed by atoms with Crippen molar-refractivity contribution in [3.8, 4) is 5.75 Å². The van der Waals surface area contributed by atoms with Crippen LogP contribution in [0.2, 0.25) is 10.0 Å². The minimum atomic E-state index is -0.885. The predicted molar refractivity (Wildman–Crippen MR) is 78.4 cm³/mol. The Morgan fingerprint density at radius 1 is 1.20 bits per heavy atom. The third-order valence-corrected chi connectivity index (χ3v) is 2.77. The van der Waals surface area contributed by atoms with Crippen molar-refractivity contribution < 1.29 is 14.3 Å². The molecular formula is C13H16Cl2N2O3. The molecule has 0 spiro atoms. The van der Waals surface area contributed by atoms with Crippen LogP contribution >= 0.6 is 23.2 Å². The largest absolute Gasteiger partial charge is 0.479 e. The van der Waals surface area contributed by atoms with Crippen molar-refractivity contribution in [3.05, 3.63) is 28.2 Å². The molecule has 0 aliphatic rings. The number of hydrogen-bond acceptors (Lipinski definition) is 3. The van der Waals surface area contributed by atoms with Gasteiger partial charge in [-0.15, -0.1) is 0 Å². The van der Waals surface area contributed by atoms with Crippen LogP contribution in [0.3, 0.4) is 0 Å². The van der Waals surface area contributed by atoms with Crippen molar-refractivity contribution in [3.63, 3.8) is 0 Å². The van der Waals surface area contributed by atoms with Crippen LogP contribution in [0.15, 0.2) is 18.2 Å². The zero-order chi connectivity index (χ0) is 15.3. The van der Waals surface area contributed by atoms with Gasteiger partial charge in [-0.1, -0.05) is 23.2 Å². The fourth-order valence-electron chi connectivity index (χ4n) is 1.32. The van der Waals surface area contributed by atoms with Crippen molar-refractivity contribution in [1.82, 2.24) is 10.6 Å². The summed E-state index contributed by atoms with van der Waals surface area (Å²) in [7, 11) is 0. The van der Waals surface area contributed by atoms with Gasteiger partial charge in [-0.05, 0) is 32.9 Å². The van der Waals surface area contributed by atoms with Crippen LogP contribution in [0.5, 0.6) is 5.75 Å². The fourth-order valence-corrected chi connectivity index (χ4v) is 1.65. The molecule has 0 fully saturated rings. The Balaban J connectivity index is 2.61. The number of amides is 3. The number of ether oxygens (including phenoxy) is 1. The lowest BCUT2D eigenvalue weighted by Gasteiger charge is -2.16. The van der Waals surface area contributed by atoms with Gasteiger partial charge in [0.15, 0.2) is 6.10 Å².